The lowest BCUT2D eigenvalue weighted by Crippen LogP contribution is -1.92. The van der Waals surface area contributed by atoms with Gasteiger partial charge in [-0.3, -0.25) is 0 Å². The van der Waals surface area contributed by atoms with E-state index in [1.54, 1.807) is 7.11 Å². The number of hydrogen-bond acceptors (Lipinski definition) is 3. The highest BCUT2D eigenvalue weighted by atomic mass is 16.5. The van der Waals surface area contributed by atoms with Crippen LogP contribution in [-0.4, -0.2) is 12.3 Å². The van der Waals surface area contributed by atoms with E-state index in [0.29, 0.717) is 0 Å². The molecule has 0 aliphatic carbocycles. The molecule has 16 heavy (non-hydrogen) atoms. The summed E-state index contributed by atoms with van der Waals surface area (Å²) in [6, 6.07) is 5.89. The fourth-order valence-corrected chi connectivity index (χ4v) is 1.77. The Morgan fingerprint density at radius 2 is 1.88 bits per heavy atom. The number of nitrogens with zero attached hydrogens (tertiary/aromatic N) is 1. The van der Waals surface area contributed by atoms with Gasteiger partial charge in [0.05, 0.1) is 12.8 Å². The van der Waals surface area contributed by atoms with E-state index in [1.807, 2.05) is 32.0 Å². The average Bonchev–Trinajstić information content (AvgIpc) is 2.69. The zero-order valence-corrected chi connectivity index (χ0v) is 10.00. The summed E-state index contributed by atoms with van der Waals surface area (Å²) in [6.07, 6.45) is 0. The van der Waals surface area contributed by atoms with E-state index in [4.69, 9.17) is 9.26 Å². The summed E-state index contributed by atoms with van der Waals surface area (Å²) >= 11 is 0. The van der Waals surface area contributed by atoms with Gasteiger partial charge in [0.15, 0.2) is 5.76 Å². The van der Waals surface area contributed by atoms with Gasteiger partial charge < -0.3 is 9.26 Å². The van der Waals surface area contributed by atoms with E-state index in [9.17, 15) is 0 Å². The van der Waals surface area contributed by atoms with Gasteiger partial charge in [-0.2, -0.15) is 0 Å². The highest BCUT2D eigenvalue weighted by molar-refractivity contribution is 5.65. The molecule has 2 rings (SSSR count). The number of benzene rings is 1. The first-order valence-electron chi connectivity index (χ1n) is 5.21. The molecule has 1 heterocycles. The Morgan fingerprint density at radius 1 is 1.12 bits per heavy atom. The van der Waals surface area contributed by atoms with Crippen LogP contribution < -0.4 is 4.74 Å². The maximum absolute atomic E-state index is 5.28. The molecule has 1 aromatic heterocycles. The lowest BCUT2D eigenvalue weighted by molar-refractivity contribution is 0.410. The van der Waals surface area contributed by atoms with Gasteiger partial charge in [0, 0.05) is 11.6 Å². The minimum Gasteiger partial charge on any atom is -0.496 e. The third kappa shape index (κ3) is 1.69. The standard InChI is InChI=1S/C13H15NO2/c1-8-7-13(16-14-8)11-5-6-12(15-4)10(3)9(11)2/h5-7H,1-4H3. The first kappa shape index (κ1) is 10.7. The molecule has 0 saturated heterocycles. The molecule has 3 nitrogen and oxygen atoms in total. The molecule has 0 amide bonds. The Hall–Kier alpha value is -1.77. The van der Waals surface area contributed by atoms with Gasteiger partial charge >= 0.3 is 0 Å². The molecule has 0 aliphatic rings. The highest BCUT2D eigenvalue weighted by Crippen LogP contribution is 2.31. The zero-order chi connectivity index (χ0) is 11.7. The third-order valence-electron chi connectivity index (χ3n) is 2.85. The summed E-state index contributed by atoms with van der Waals surface area (Å²) in [5.74, 6) is 1.71. The molecule has 0 radical (unpaired) electrons. The lowest BCUT2D eigenvalue weighted by Gasteiger charge is -2.10. The molecule has 0 atom stereocenters. The van der Waals surface area contributed by atoms with Crippen LogP contribution in [0.2, 0.25) is 0 Å². The van der Waals surface area contributed by atoms with Crippen molar-refractivity contribution in [1.29, 1.82) is 0 Å². The van der Waals surface area contributed by atoms with Crippen LogP contribution in [0.25, 0.3) is 11.3 Å². The quantitative estimate of drug-likeness (QED) is 0.774. The predicted molar refractivity (Wildman–Crippen MR) is 62.7 cm³/mol. The summed E-state index contributed by atoms with van der Waals surface area (Å²) in [6.45, 7) is 6.02. The fourth-order valence-electron chi connectivity index (χ4n) is 1.77. The SMILES string of the molecule is COc1ccc(-c2cc(C)no2)c(C)c1C. The molecule has 0 fully saturated rings. The van der Waals surface area contributed by atoms with Crippen molar-refractivity contribution in [3.63, 3.8) is 0 Å². The average molecular weight is 217 g/mol. The number of hydrogen-bond donors (Lipinski definition) is 0. The van der Waals surface area contributed by atoms with Gasteiger partial charge in [0.2, 0.25) is 0 Å². The molecule has 2 aromatic rings. The number of methoxy groups -OCH3 is 1. The number of aryl methyl sites for hydroxylation is 1. The van der Waals surface area contributed by atoms with Crippen LogP contribution in [0, 0.1) is 20.8 Å². The van der Waals surface area contributed by atoms with Crippen LogP contribution in [0.15, 0.2) is 22.7 Å². The van der Waals surface area contributed by atoms with Crippen molar-refractivity contribution >= 4 is 0 Å². The molecule has 84 valence electrons. The summed E-state index contributed by atoms with van der Waals surface area (Å²) in [4.78, 5) is 0. The van der Waals surface area contributed by atoms with E-state index >= 15 is 0 Å². The van der Waals surface area contributed by atoms with Crippen LogP contribution in [0.5, 0.6) is 5.75 Å². The van der Waals surface area contributed by atoms with Crippen molar-refractivity contribution in [2.45, 2.75) is 20.8 Å². The lowest BCUT2D eigenvalue weighted by atomic mass is 10.0. The van der Waals surface area contributed by atoms with E-state index in [2.05, 4.69) is 12.1 Å². The Kier molecular flexibility index (Phi) is 2.69. The smallest absolute Gasteiger partial charge is 0.167 e. The van der Waals surface area contributed by atoms with Gasteiger partial charge in [-0.25, -0.2) is 0 Å². The van der Waals surface area contributed by atoms with Crippen molar-refractivity contribution in [1.82, 2.24) is 5.16 Å². The van der Waals surface area contributed by atoms with Crippen molar-refractivity contribution in [3.8, 4) is 17.1 Å². The molecule has 0 saturated carbocycles. The second-order valence-electron chi connectivity index (χ2n) is 3.90. The largest absolute Gasteiger partial charge is 0.496 e. The third-order valence-corrected chi connectivity index (χ3v) is 2.85. The summed E-state index contributed by atoms with van der Waals surface area (Å²) < 4.78 is 10.5. The molecule has 3 heteroatoms. The number of ether oxygens (including phenoxy) is 1. The van der Waals surface area contributed by atoms with Crippen LogP contribution in [0.1, 0.15) is 16.8 Å². The Balaban J connectivity index is 2.55. The van der Waals surface area contributed by atoms with Gasteiger partial charge in [0.1, 0.15) is 5.75 Å². The molecule has 0 spiro atoms. The minimum absolute atomic E-state index is 0.806. The molecular formula is C13H15NO2. The minimum atomic E-state index is 0.806. The second kappa shape index (κ2) is 4.00. The summed E-state index contributed by atoms with van der Waals surface area (Å²) in [5, 5.41) is 3.90. The molecule has 0 N–H and O–H groups in total. The Labute approximate surface area is 95.0 Å². The maximum Gasteiger partial charge on any atom is 0.167 e. The van der Waals surface area contributed by atoms with E-state index in [-0.39, 0.29) is 0 Å². The molecule has 1 aromatic carbocycles. The van der Waals surface area contributed by atoms with Gasteiger partial charge in [-0.1, -0.05) is 5.16 Å². The fraction of sp³-hybridized carbons (Fsp3) is 0.308. The highest BCUT2D eigenvalue weighted by Gasteiger charge is 2.11. The van der Waals surface area contributed by atoms with Gasteiger partial charge in [-0.15, -0.1) is 0 Å². The normalized spacial score (nSPS) is 10.5. The van der Waals surface area contributed by atoms with Gasteiger partial charge in [0.25, 0.3) is 0 Å². The van der Waals surface area contributed by atoms with Crippen LogP contribution >= 0.6 is 0 Å². The molecule has 0 unspecified atom stereocenters. The Bertz CT molecular complexity index is 515. The van der Waals surface area contributed by atoms with Crippen LogP contribution in [0.3, 0.4) is 0 Å². The monoisotopic (exact) mass is 217 g/mol. The van der Waals surface area contributed by atoms with Crippen LogP contribution in [0.4, 0.5) is 0 Å². The summed E-state index contributed by atoms with van der Waals surface area (Å²) in [7, 11) is 1.68. The zero-order valence-electron chi connectivity index (χ0n) is 10.00. The Morgan fingerprint density at radius 3 is 2.44 bits per heavy atom. The number of rotatable bonds is 2. The maximum atomic E-state index is 5.28. The van der Waals surface area contributed by atoms with Crippen molar-refractivity contribution in [3.05, 3.63) is 35.0 Å². The molecule has 0 aliphatic heterocycles. The topological polar surface area (TPSA) is 35.3 Å². The van der Waals surface area contributed by atoms with Crippen molar-refractivity contribution < 1.29 is 9.26 Å². The van der Waals surface area contributed by atoms with E-state index < -0.39 is 0 Å². The first-order chi connectivity index (χ1) is 7.63. The molecule has 0 bridgehead atoms. The first-order valence-corrected chi connectivity index (χ1v) is 5.21. The van der Waals surface area contributed by atoms with Crippen molar-refractivity contribution in [2.75, 3.05) is 7.11 Å². The van der Waals surface area contributed by atoms with Crippen molar-refractivity contribution in [2.24, 2.45) is 0 Å². The van der Waals surface area contributed by atoms with Gasteiger partial charge in [-0.05, 0) is 44.0 Å². The van der Waals surface area contributed by atoms with E-state index in [1.165, 1.54) is 0 Å². The second-order valence-corrected chi connectivity index (χ2v) is 3.90. The van der Waals surface area contributed by atoms with E-state index in [0.717, 1.165) is 33.9 Å². The molecular weight excluding hydrogens is 202 g/mol. The predicted octanol–water partition coefficient (Wildman–Crippen LogP) is 3.28. The summed E-state index contributed by atoms with van der Waals surface area (Å²) in [5.41, 5.74) is 4.26. The van der Waals surface area contributed by atoms with Crippen LogP contribution in [-0.2, 0) is 0 Å². The number of aromatic nitrogens is 1.